The van der Waals surface area contributed by atoms with Gasteiger partial charge in [0.15, 0.2) is 11.4 Å². The van der Waals surface area contributed by atoms with Crippen molar-refractivity contribution in [2.45, 2.75) is 6.54 Å². The van der Waals surface area contributed by atoms with Gasteiger partial charge < -0.3 is 15.0 Å². The van der Waals surface area contributed by atoms with Crippen LogP contribution in [-0.4, -0.2) is 26.8 Å². The molecule has 0 atom stereocenters. The van der Waals surface area contributed by atoms with Gasteiger partial charge in [-0.15, -0.1) is 0 Å². The van der Waals surface area contributed by atoms with Gasteiger partial charge >= 0.3 is 0 Å². The number of imidazole rings is 1. The van der Waals surface area contributed by atoms with Crippen LogP contribution in [0.3, 0.4) is 0 Å². The number of aromatic nitrogens is 4. The predicted octanol–water partition coefficient (Wildman–Crippen LogP) is 1.06. The van der Waals surface area contributed by atoms with Crippen LogP contribution in [-0.2, 0) is 6.54 Å². The molecule has 0 aromatic carbocycles. The molecule has 0 saturated heterocycles. The first-order valence-corrected chi connectivity index (χ1v) is 5.34. The van der Waals surface area contributed by atoms with Gasteiger partial charge in [0, 0.05) is 12.1 Å². The van der Waals surface area contributed by atoms with Gasteiger partial charge in [-0.25, -0.2) is 4.98 Å². The fraction of sp³-hybridized carbons (Fsp3) is 0.182. The molecule has 2 N–H and O–H groups in total. The fourth-order valence-electron chi connectivity index (χ4n) is 1.75. The maximum atomic E-state index is 5.87. The molecule has 0 radical (unpaired) electrons. The third-order valence-corrected chi connectivity index (χ3v) is 2.61. The van der Waals surface area contributed by atoms with Crippen LogP contribution >= 0.6 is 0 Å². The molecule has 0 aliphatic carbocycles. The first kappa shape index (κ1) is 10.6. The zero-order valence-electron chi connectivity index (χ0n) is 9.70. The molecule has 0 fully saturated rings. The average molecular weight is 245 g/mol. The molecule has 92 valence electrons. The number of pyridine rings is 1. The van der Waals surface area contributed by atoms with E-state index in [1.54, 1.807) is 30.0 Å². The van der Waals surface area contributed by atoms with Gasteiger partial charge in [-0.2, -0.15) is 4.98 Å². The Kier molecular flexibility index (Phi) is 2.36. The van der Waals surface area contributed by atoms with Gasteiger partial charge in [-0.05, 0) is 6.07 Å². The summed E-state index contributed by atoms with van der Waals surface area (Å²) in [7, 11) is 1.56. The first-order chi connectivity index (χ1) is 8.78. The summed E-state index contributed by atoms with van der Waals surface area (Å²) in [4.78, 5) is 8.56. The van der Waals surface area contributed by atoms with E-state index in [2.05, 4.69) is 15.1 Å². The van der Waals surface area contributed by atoms with Crippen LogP contribution in [0, 0.1) is 0 Å². The number of hydrogen-bond donors (Lipinski definition) is 1. The van der Waals surface area contributed by atoms with Crippen LogP contribution < -0.4 is 10.5 Å². The third-order valence-electron chi connectivity index (χ3n) is 2.61. The summed E-state index contributed by atoms with van der Waals surface area (Å²) in [5.41, 5.74) is 7.24. The molecule has 0 aliphatic rings. The Morgan fingerprint density at radius 3 is 2.94 bits per heavy atom. The van der Waals surface area contributed by atoms with Gasteiger partial charge in [-0.1, -0.05) is 5.16 Å². The molecule has 0 aliphatic heterocycles. The molecule has 0 bridgehead atoms. The number of fused-ring (bicyclic) bond motifs is 1. The molecule has 3 heterocycles. The quantitative estimate of drug-likeness (QED) is 0.741. The molecule has 7 heteroatoms. The zero-order valence-corrected chi connectivity index (χ0v) is 9.70. The average Bonchev–Trinajstić information content (AvgIpc) is 2.99. The molecule has 3 aromatic heterocycles. The molecule has 18 heavy (non-hydrogen) atoms. The van der Waals surface area contributed by atoms with Gasteiger partial charge in [0.05, 0.1) is 19.9 Å². The summed E-state index contributed by atoms with van der Waals surface area (Å²) in [5.74, 6) is 1.58. The Bertz CT molecular complexity index is 674. The van der Waals surface area contributed by atoms with Crippen molar-refractivity contribution in [1.29, 1.82) is 0 Å². The number of ether oxygens (including phenoxy) is 1. The van der Waals surface area contributed by atoms with E-state index >= 15 is 0 Å². The van der Waals surface area contributed by atoms with Crippen molar-refractivity contribution in [3.8, 4) is 5.88 Å². The van der Waals surface area contributed by atoms with Crippen molar-refractivity contribution in [1.82, 2.24) is 19.7 Å². The van der Waals surface area contributed by atoms with E-state index in [4.69, 9.17) is 15.0 Å². The lowest BCUT2D eigenvalue weighted by molar-refractivity contribution is 0.377. The van der Waals surface area contributed by atoms with Crippen molar-refractivity contribution in [2.75, 3.05) is 12.8 Å². The number of hydrogen-bond acceptors (Lipinski definition) is 6. The van der Waals surface area contributed by atoms with E-state index in [9.17, 15) is 0 Å². The van der Waals surface area contributed by atoms with E-state index in [1.807, 2.05) is 6.07 Å². The lowest BCUT2D eigenvalue weighted by Gasteiger charge is -2.03. The monoisotopic (exact) mass is 245 g/mol. The second kappa shape index (κ2) is 4.02. The Labute approximate surface area is 102 Å². The number of nitrogens with zero attached hydrogens (tertiary/aromatic N) is 4. The highest BCUT2D eigenvalue weighted by Crippen LogP contribution is 2.20. The van der Waals surface area contributed by atoms with Crippen molar-refractivity contribution in [2.24, 2.45) is 0 Å². The highest BCUT2D eigenvalue weighted by atomic mass is 16.5. The molecule has 0 spiro atoms. The summed E-state index contributed by atoms with van der Waals surface area (Å²) >= 11 is 0. The molecule has 0 saturated carbocycles. The minimum Gasteiger partial charge on any atom is -0.481 e. The van der Waals surface area contributed by atoms with Crippen molar-refractivity contribution in [3.05, 3.63) is 30.2 Å². The Balaban J connectivity index is 2.11. The van der Waals surface area contributed by atoms with E-state index < -0.39 is 0 Å². The van der Waals surface area contributed by atoms with E-state index in [-0.39, 0.29) is 0 Å². The van der Waals surface area contributed by atoms with Gasteiger partial charge in [-0.3, -0.25) is 4.57 Å². The Morgan fingerprint density at radius 1 is 1.33 bits per heavy atom. The van der Waals surface area contributed by atoms with Crippen LogP contribution in [0.25, 0.3) is 11.2 Å². The number of nitrogens with two attached hydrogens (primary N) is 1. The Hall–Kier alpha value is -2.57. The lowest BCUT2D eigenvalue weighted by atomic mass is 10.4. The topological polar surface area (TPSA) is 92.0 Å². The van der Waals surface area contributed by atoms with Crippen LogP contribution in [0.5, 0.6) is 5.88 Å². The minimum absolute atomic E-state index is 0.377. The van der Waals surface area contributed by atoms with Crippen LogP contribution in [0.2, 0.25) is 0 Å². The Morgan fingerprint density at radius 2 is 2.22 bits per heavy atom. The number of nitrogen functional groups attached to an aromatic ring is 1. The highest BCUT2D eigenvalue weighted by molar-refractivity contribution is 5.74. The predicted molar refractivity (Wildman–Crippen MR) is 64.1 cm³/mol. The largest absolute Gasteiger partial charge is 0.481 e. The summed E-state index contributed by atoms with van der Waals surface area (Å²) < 4.78 is 11.9. The minimum atomic E-state index is 0.377. The standard InChI is InChI=1S/C11H11N5O2/c1-17-9-3-2-8-10(15-9)16(11(12)14-8)6-7-4-5-13-18-7/h2-5H,6H2,1H3,(H2,12,14). The van der Waals surface area contributed by atoms with Crippen LogP contribution in [0.15, 0.2) is 28.9 Å². The molecular weight excluding hydrogens is 234 g/mol. The van der Waals surface area contributed by atoms with E-state index in [1.165, 1.54) is 0 Å². The normalized spacial score (nSPS) is 10.9. The molecule has 3 rings (SSSR count). The molecule has 0 amide bonds. The second-order valence-electron chi connectivity index (χ2n) is 3.73. The summed E-state index contributed by atoms with van der Waals surface area (Å²) in [6.07, 6.45) is 1.58. The van der Waals surface area contributed by atoms with Gasteiger partial charge in [0.1, 0.15) is 5.52 Å². The number of rotatable bonds is 3. The van der Waals surface area contributed by atoms with Crippen LogP contribution in [0.1, 0.15) is 5.76 Å². The zero-order chi connectivity index (χ0) is 12.5. The third kappa shape index (κ3) is 1.65. The molecule has 7 nitrogen and oxygen atoms in total. The van der Waals surface area contributed by atoms with Gasteiger partial charge in [0.25, 0.3) is 0 Å². The van der Waals surface area contributed by atoms with Crippen molar-refractivity contribution in [3.63, 3.8) is 0 Å². The van der Waals surface area contributed by atoms with E-state index in [0.717, 1.165) is 0 Å². The van der Waals surface area contributed by atoms with Crippen LogP contribution in [0.4, 0.5) is 5.95 Å². The van der Waals surface area contributed by atoms with Gasteiger partial charge in [0.2, 0.25) is 11.8 Å². The molecular formula is C11H11N5O2. The second-order valence-corrected chi connectivity index (χ2v) is 3.73. The maximum Gasteiger partial charge on any atom is 0.215 e. The lowest BCUT2D eigenvalue weighted by Crippen LogP contribution is -2.05. The summed E-state index contributed by atoms with van der Waals surface area (Å²) in [5, 5.41) is 3.65. The summed E-state index contributed by atoms with van der Waals surface area (Å²) in [6, 6.07) is 5.33. The first-order valence-electron chi connectivity index (χ1n) is 5.34. The summed E-state index contributed by atoms with van der Waals surface area (Å²) in [6.45, 7) is 0.433. The smallest absolute Gasteiger partial charge is 0.215 e. The van der Waals surface area contributed by atoms with Crippen molar-refractivity contribution >= 4 is 17.1 Å². The SMILES string of the molecule is COc1ccc2nc(N)n(Cc3ccno3)c2n1. The number of anilines is 1. The molecule has 0 unspecified atom stereocenters. The highest BCUT2D eigenvalue weighted by Gasteiger charge is 2.12. The number of methoxy groups -OCH3 is 1. The molecule has 3 aromatic rings. The van der Waals surface area contributed by atoms with E-state index in [0.29, 0.717) is 35.3 Å². The van der Waals surface area contributed by atoms with Crippen molar-refractivity contribution < 1.29 is 9.26 Å². The maximum absolute atomic E-state index is 5.87. The fourth-order valence-corrected chi connectivity index (χ4v) is 1.75.